The summed E-state index contributed by atoms with van der Waals surface area (Å²) in [4.78, 5) is 20.9. The lowest BCUT2D eigenvalue weighted by atomic mass is 10.0. The molecule has 0 aliphatic carbocycles. The lowest BCUT2D eigenvalue weighted by Gasteiger charge is -2.17. The zero-order valence-electron chi connectivity index (χ0n) is 19.1. The van der Waals surface area contributed by atoms with E-state index in [-0.39, 0.29) is 12.1 Å². The number of imidazole rings is 1. The minimum Gasteiger partial charge on any atom is -0.382 e. The molecular weight excluding hydrogens is 481 g/mol. The van der Waals surface area contributed by atoms with Crippen molar-refractivity contribution in [2.45, 2.75) is 19.0 Å². The second-order valence-electron chi connectivity index (χ2n) is 8.39. The molecule has 0 aliphatic rings. The number of aromatic nitrogens is 4. The number of halogens is 2. The predicted octanol–water partition coefficient (Wildman–Crippen LogP) is 4.50. The summed E-state index contributed by atoms with van der Waals surface area (Å²) in [7, 11) is 0. The SMILES string of the molecule is NCc1ccc(C(=O)N[C@@H](Cc2ccccc2)c2nc(-c3ccc4c(N)n[nH]c4c3)c(Cl)[nH]2)c(F)c1. The first-order valence-corrected chi connectivity index (χ1v) is 11.6. The van der Waals surface area contributed by atoms with E-state index in [9.17, 15) is 9.18 Å². The molecule has 8 nitrogen and oxygen atoms in total. The van der Waals surface area contributed by atoms with Gasteiger partial charge in [0, 0.05) is 17.5 Å². The fraction of sp³-hybridized carbons (Fsp3) is 0.115. The number of nitrogens with one attached hydrogen (secondary N) is 3. The van der Waals surface area contributed by atoms with Crippen LogP contribution in [0.25, 0.3) is 22.2 Å². The molecule has 0 radical (unpaired) electrons. The number of nitrogens with zero attached hydrogens (tertiary/aromatic N) is 2. The molecule has 0 unspecified atom stereocenters. The van der Waals surface area contributed by atoms with E-state index in [0.29, 0.717) is 34.5 Å². The number of carbonyl (C=O) groups is 1. The van der Waals surface area contributed by atoms with Gasteiger partial charge < -0.3 is 21.8 Å². The molecular formula is C26H23ClFN7O. The number of H-pyrrole nitrogens is 2. The highest BCUT2D eigenvalue weighted by Crippen LogP contribution is 2.31. The van der Waals surface area contributed by atoms with E-state index in [4.69, 9.17) is 28.1 Å². The Kier molecular flexibility index (Phi) is 6.41. The summed E-state index contributed by atoms with van der Waals surface area (Å²) >= 11 is 6.54. The minimum atomic E-state index is -0.640. The van der Waals surface area contributed by atoms with Gasteiger partial charge in [0.15, 0.2) is 5.82 Å². The molecule has 0 saturated heterocycles. The van der Waals surface area contributed by atoms with Crippen molar-refractivity contribution in [3.63, 3.8) is 0 Å². The van der Waals surface area contributed by atoms with Crippen molar-refractivity contribution in [3.8, 4) is 11.3 Å². The van der Waals surface area contributed by atoms with Crippen molar-refractivity contribution in [2.24, 2.45) is 5.73 Å². The second kappa shape index (κ2) is 9.80. The van der Waals surface area contributed by atoms with Gasteiger partial charge in [-0.05, 0) is 41.8 Å². The van der Waals surface area contributed by atoms with Crippen molar-refractivity contribution < 1.29 is 9.18 Å². The van der Waals surface area contributed by atoms with Gasteiger partial charge in [0.2, 0.25) is 0 Å². The number of hydrogen-bond acceptors (Lipinski definition) is 5. The number of anilines is 1. The van der Waals surface area contributed by atoms with E-state index in [1.807, 2.05) is 48.5 Å². The Morgan fingerprint density at radius 2 is 1.89 bits per heavy atom. The summed E-state index contributed by atoms with van der Waals surface area (Å²) in [5.41, 5.74) is 14.9. The molecule has 2 heterocycles. The van der Waals surface area contributed by atoms with Gasteiger partial charge in [-0.1, -0.05) is 54.1 Å². The van der Waals surface area contributed by atoms with Crippen LogP contribution >= 0.6 is 11.6 Å². The Bertz CT molecular complexity index is 1550. The van der Waals surface area contributed by atoms with Gasteiger partial charge in [-0.25, -0.2) is 9.37 Å². The average molecular weight is 504 g/mol. The highest BCUT2D eigenvalue weighted by atomic mass is 35.5. The highest BCUT2D eigenvalue weighted by Gasteiger charge is 2.23. The lowest BCUT2D eigenvalue weighted by Crippen LogP contribution is -2.31. The van der Waals surface area contributed by atoms with Crippen molar-refractivity contribution in [3.05, 3.63) is 100 Å². The minimum absolute atomic E-state index is 0.0783. The summed E-state index contributed by atoms with van der Waals surface area (Å²) in [5.74, 6) is -0.363. The summed E-state index contributed by atoms with van der Waals surface area (Å²) in [6.45, 7) is 0.181. The van der Waals surface area contributed by atoms with Crippen LogP contribution < -0.4 is 16.8 Å². The van der Waals surface area contributed by atoms with E-state index >= 15 is 0 Å². The van der Waals surface area contributed by atoms with Crippen molar-refractivity contribution in [2.75, 3.05) is 5.73 Å². The van der Waals surface area contributed by atoms with Crippen LogP contribution in [0.15, 0.2) is 66.7 Å². The molecule has 1 amide bonds. The molecule has 1 atom stereocenters. The second-order valence-corrected chi connectivity index (χ2v) is 8.77. The van der Waals surface area contributed by atoms with Crippen LogP contribution in [0, 0.1) is 5.82 Å². The molecule has 5 aromatic rings. The fourth-order valence-corrected chi connectivity index (χ4v) is 4.33. The van der Waals surface area contributed by atoms with Crippen LogP contribution in [0.5, 0.6) is 0 Å². The maximum atomic E-state index is 14.6. The standard InChI is InChI=1S/C26H23ClFN7O/c27-23-22(16-7-9-18-20(12-16)34-35-24(18)30)32-25(33-23)21(11-14-4-2-1-3-5-14)31-26(36)17-8-6-15(13-29)10-19(17)28/h1-10,12,21H,11,13,29H2,(H,31,36)(H,32,33)(H3,30,34,35)/t21-/m0/s1. The van der Waals surface area contributed by atoms with Crippen LogP contribution in [0.1, 0.15) is 33.4 Å². The van der Waals surface area contributed by atoms with Crippen LogP contribution in [0.2, 0.25) is 5.15 Å². The first-order valence-electron chi connectivity index (χ1n) is 11.3. The maximum absolute atomic E-state index is 14.6. The number of carbonyl (C=O) groups excluding carboxylic acids is 1. The highest BCUT2D eigenvalue weighted by molar-refractivity contribution is 6.32. The molecule has 3 aromatic carbocycles. The van der Waals surface area contributed by atoms with Gasteiger partial charge in [-0.3, -0.25) is 9.89 Å². The van der Waals surface area contributed by atoms with Gasteiger partial charge in [0.05, 0.1) is 17.1 Å². The Morgan fingerprint density at radius 1 is 1.08 bits per heavy atom. The van der Waals surface area contributed by atoms with Gasteiger partial charge >= 0.3 is 0 Å². The number of aromatic amines is 2. The molecule has 10 heteroatoms. The van der Waals surface area contributed by atoms with Gasteiger partial charge in [0.25, 0.3) is 5.91 Å². The molecule has 7 N–H and O–H groups in total. The van der Waals surface area contributed by atoms with Crippen molar-refractivity contribution in [1.82, 2.24) is 25.5 Å². The van der Waals surface area contributed by atoms with E-state index < -0.39 is 17.8 Å². The number of amides is 1. The number of fused-ring (bicyclic) bond motifs is 1. The third-order valence-corrected chi connectivity index (χ3v) is 6.25. The average Bonchev–Trinajstić information content (AvgIpc) is 3.46. The zero-order valence-corrected chi connectivity index (χ0v) is 19.8. The lowest BCUT2D eigenvalue weighted by molar-refractivity contribution is 0.0930. The quantitative estimate of drug-likeness (QED) is 0.222. The van der Waals surface area contributed by atoms with Gasteiger partial charge in [-0.15, -0.1) is 0 Å². The van der Waals surface area contributed by atoms with Crippen LogP contribution in [-0.2, 0) is 13.0 Å². The van der Waals surface area contributed by atoms with Crippen LogP contribution in [0.4, 0.5) is 10.2 Å². The van der Waals surface area contributed by atoms with Gasteiger partial charge in [0.1, 0.15) is 22.5 Å². The van der Waals surface area contributed by atoms with Crippen molar-refractivity contribution in [1.29, 1.82) is 0 Å². The van der Waals surface area contributed by atoms with E-state index in [1.165, 1.54) is 12.1 Å². The zero-order chi connectivity index (χ0) is 25.2. The summed E-state index contributed by atoms with van der Waals surface area (Å²) in [5, 5.41) is 10.9. The number of hydrogen-bond donors (Lipinski definition) is 5. The molecule has 2 aromatic heterocycles. The molecule has 0 aliphatic heterocycles. The normalized spacial score (nSPS) is 12.1. The topological polar surface area (TPSA) is 138 Å². The monoisotopic (exact) mass is 503 g/mol. The first-order chi connectivity index (χ1) is 17.4. The molecule has 0 fully saturated rings. The number of nitrogen functional groups attached to an aromatic ring is 1. The third kappa shape index (κ3) is 4.66. The predicted molar refractivity (Wildman–Crippen MR) is 138 cm³/mol. The molecule has 5 rings (SSSR count). The Hall–Kier alpha value is -4.21. The van der Waals surface area contributed by atoms with E-state index in [0.717, 1.165) is 22.0 Å². The number of rotatable bonds is 7. The maximum Gasteiger partial charge on any atom is 0.254 e. The smallest absolute Gasteiger partial charge is 0.254 e. The summed E-state index contributed by atoms with van der Waals surface area (Å²) in [6.07, 6.45) is 0.411. The van der Waals surface area contributed by atoms with Crippen LogP contribution in [-0.4, -0.2) is 26.1 Å². The largest absolute Gasteiger partial charge is 0.382 e. The fourth-order valence-electron chi connectivity index (χ4n) is 4.09. The Balaban J connectivity index is 1.49. The first kappa shape index (κ1) is 23.5. The van der Waals surface area contributed by atoms with Crippen molar-refractivity contribution >= 4 is 34.2 Å². The third-order valence-electron chi connectivity index (χ3n) is 5.98. The summed E-state index contributed by atoms with van der Waals surface area (Å²) < 4.78 is 14.6. The molecule has 0 bridgehead atoms. The number of nitrogens with two attached hydrogens (primary N) is 2. The molecule has 182 valence electrons. The Morgan fingerprint density at radius 3 is 2.64 bits per heavy atom. The van der Waals surface area contributed by atoms with E-state index in [1.54, 1.807) is 6.07 Å². The van der Waals surface area contributed by atoms with Crippen LogP contribution in [0.3, 0.4) is 0 Å². The summed E-state index contributed by atoms with van der Waals surface area (Å²) in [6, 6.07) is 18.9. The Labute approximate surface area is 210 Å². The van der Waals surface area contributed by atoms with Gasteiger partial charge in [-0.2, -0.15) is 5.10 Å². The molecule has 0 saturated carbocycles. The molecule has 36 heavy (non-hydrogen) atoms. The number of benzene rings is 3. The molecule has 0 spiro atoms. The van der Waals surface area contributed by atoms with E-state index in [2.05, 4.69) is 20.5 Å².